The van der Waals surface area contributed by atoms with Crippen molar-refractivity contribution in [1.82, 2.24) is 9.88 Å². The van der Waals surface area contributed by atoms with Crippen LogP contribution >= 0.6 is 0 Å². The minimum Gasteiger partial charge on any atom is -0.369 e. The van der Waals surface area contributed by atoms with Crippen molar-refractivity contribution in [2.45, 2.75) is 6.54 Å². The van der Waals surface area contributed by atoms with Gasteiger partial charge in [0.15, 0.2) is 0 Å². The van der Waals surface area contributed by atoms with E-state index in [0.717, 1.165) is 11.4 Å². The Morgan fingerprint density at radius 1 is 1.32 bits per heavy atom. The van der Waals surface area contributed by atoms with Gasteiger partial charge in [0.05, 0.1) is 18.2 Å². The number of nitrogens with one attached hydrogen (secondary N) is 1. The molecule has 0 saturated carbocycles. The van der Waals surface area contributed by atoms with Crippen molar-refractivity contribution in [3.05, 3.63) is 53.9 Å². The number of nitrogens with two attached hydrogens (primary N) is 1. The molecule has 0 unspecified atom stereocenters. The molecular formula is C14H14N4O. The van der Waals surface area contributed by atoms with Crippen LogP contribution in [0.2, 0.25) is 0 Å². The second-order valence-corrected chi connectivity index (χ2v) is 4.10. The van der Waals surface area contributed by atoms with Crippen molar-refractivity contribution >= 4 is 5.91 Å². The van der Waals surface area contributed by atoms with E-state index in [9.17, 15) is 4.79 Å². The van der Waals surface area contributed by atoms with E-state index in [4.69, 9.17) is 11.0 Å². The van der Waals surface area contributed by atoms with Gasteiger partial charge in [-0.1, -0.05) is 0 Å². The number of rotatable bonds is 5. The zero-order chi connectivity index (χ0) is 13.7. The summed E-state index contributed by atoms with van der Waals surface area (Å²) in [4.78, 5) is 10.7. The molecular weight excluding hydrogens is 240 g/mol. The minimum absolute atomic E-state index is 0.151. The van der Waals surface area contributed by atoms with Gasteiger partial charge in [0.1, 0.15) is 0 Å². The first-order valence-electron chi connectivity index (χ1n) is 5.86. The summed E-state index contributed by atoms with van der Waals surface area (Å²) in [5, 5.41) is 11.7. The molecule has 5 nitrogen and oxygen atoms in total. The molecule has 0 bridgehead atoms. The molecule has 0 saturated heterocycles. The second-order valence-electron chi connectivity index (χ2n) is 4.10. The molecule has 0 aliphatic rings. The second kappa shape index (κ2) is 5.85. The minimum atomic E-state index is -0.378. The zero-order valence-electron chi connectivity index (χ0n) is 10.3. The van der Waals surface area contributed by atoms with Crippen LogP contribution in [-0.4, -0.2) is 17.0 Å². The highest BCUT2D eigenvalue weighted by atomic mass is 16.1. The molecule has 1 heterocycles. The summed E-state index contributed by atoms with van der Waals surface area (Å²) in [5.74, 6) is -0.378. The van der Waals surface area contributed by atoms with Gasteiger partial charge in [-0.25, -0.2) is 0 Å². The fraction of sp³-hybridized carbons (Fsp3) is 0.143. The standard InChI is InChI=1S/C14H14N4O/c15-8-11-3-5-12(6-4-11)18-7-1-2-13(18)9-17-10-14(16)19/h1-7,17H,9-10H2,(H2,16,19). The number of nitrogens with zero attached hydrogens (tertiary/aromatic N) is 2. The third kappa shape index (κ3) is 3.21. The van der Waals surface area contributed by atoms with Crippen LogP contribution in [0.1, 0.15) is 11.3 Å². The Morgan fingerprint density at radius 2 is 2.05 bits per heavy atom. The SMILES string of the molecule is N#Cc1ccc(-n2cccc2CNCC(N)=O)cc1. The molecule has 0 atom stereocenters. The highest BCUT2D eigenvalue weighted by Gasteiger charge is 2.03. The Balaban J connectivity index is 2.14. The van der Waals surface area contributed by atoms with E-state index in [2.05, 4.69) is 11.4 Å². The first-order valence-corrected chi connectivity index (χ1v) is 5.86. The van der Waals surface area contributed by atoms with Crippen LogP contribution in [0.5, 0.6) is 0 Å². The van der Waals surface area contributed by atoms with Crippen molar-refractivity contribution in [3.8, 4) is 11.8 Å². The van der Waals surface area contributed by atoms with Crippen molar-refractivity contribution in [2.24, 2.45) is 5.73 Å². The van der Waals surface area contributed by atoms with E-state index >= 15 is 0 Å². The number of carbonyl (C=O) groups is 1. The quantitative estimate of drug-likeness (QED) is 0.832. The van der Waals surface area contributed by atoms with Gasteiger partial charge in [-0.2, -0.15) is 5.26 Å². The first kappa shape index (κ1) is 12.9. The number of primary amides is 1. The summed E-state index contributed by atoms with van der Waals surface area (Å²) in [6, 6.07) is 13.3. The molecule has 1 aromatic heterocycles. The van der Waals surface area contributed by atoms with E-state index in [1.807, 2.05) is 35.0 Å². The lowest BCUT2D eigenvalue weighted by molar-refractivity contribution is -0.117. The van der Waals surface area contributed by atoms with E-state index in [-0.39, 0.29) is 12.5 Å². The Bertz CT molecular complexity index is 607. The van der Waals surface area contributed by atoms with Crippen molar-refractivity contribution < 1.29 is 4.79 Å². The van der Waals surface area contributed by atoms with Crippen LogP contribution < -0.4 is 11.1 Å². The van der Waals surface area contributed by atoms with Gasteiger partial charge in [-0.3, -0.25) is 4.79 Å². The van der Waals surface area contributed by atoms with Gasteiger partial charge >= 0.3 is 0 Å². The molecule has 0 spiro atoms. The smallest absolute Gasteiger partial charge is 0.231 e. The third-order valence-corrected chi connectivity index (χ3v) is 2.71. The van der Waals surface area contributed by atoms with Crippen LogP contribution in [0.4, 0.5) is 0 Å². The Morgan fingerprint density at radius 3 is 2.68 bits per heavy atom. The highest BCUT2D eigenvalue weighted by molar-refractivity contribution is 5.75. The van der Waals surface area contributed by atoms with Crippen LogP contribution in [-0.2, 0) is 11.3 Å². The Labute approximate surface area is 111 Å². The topological polar surface area (TPSA) is 83.8 Å². The van der Waals surface area contributed by atoms with Crippen LogP contribution in [0.3, 0.4) is 0 Å². The van der Waals surface area contributed by atoms with Crippen LogP contribution in [0.25, 0.3) is 5.69 Å². The lowest BCUT2D eigenvalue weighted by Gasteiger charge is -2.09. The third-order valence-electron chi connectivity index (χ3n) is 2.71. The fourth-order valence-electron chi connectivity index (χ4n) is 1.82. The Hall–Kier alpha value is -2.58. The molecule has 2 aromatic rings. The number of hydrogen-bond donors (Lipinski definition) is 2. The number of carbonyl (C=O) groups excluding carboxylic acids is 1. The number of benzene rings is 1. The van der Waals surface area contributed by atoms with Gasteiger partial charge in [0.25, 0.3) is 0 Å². The summed E-state index contributed by atoms with van der Waals surface area (Å²) in [6.45, 7) is 0.703. The maximum absolute atomic E-state index is 10.7. The van der Waals surface area contributed by atoms with E-state index < -0.39 is 0 Å². The average molecular weight is 254 g/mol. The van der Waals surface area contributed by atoms with Gasteiger partial charge in [0.2, 0.25) is 5.91 Å². The van der Waals surface area contributed by atoms with Crippen molar-refractivity contribution in [3.63, 3.8) is 0 Å². The molecule has 0 aliphatic heterocycles. The number of amides is 1. The molecule has 2 rings (SSSR count). The van der Waals surface area contributed by atoms with Crippen molar-refractivity contribution in [1.29, 1.82) is 5.26 Å². The average Bonchev–Trinajstić information content (AvgIpc) is 2.87. The van der Waals surface area contributed by atoms with Crippen molar-refractivity contribution in [2.75, 3.05) is 6.54 Å². The molecule has 1 amide bonds. The molecule has 1 aromatic carbocycles. The number of hydrogen-bond acceptors (Lipinski definition) is 3. The maximum Gasteiger partial charge on any atom is 0.231 e. The summed E-state index contributed by atoms with van der Waals surface area (Å²) in [7, 11) is 0. The maximum atomic E-state index is 10.7. The predicted molar refractivity (Wildman–Crippen MR) is 71.4 cm³/mol. The Kier molecular flexibility index (Phi) is 3.96. The summed E-state index contributed by atoms with van der Waals surface area (Å²) in [5.41, 5.74) is 7.69. The predicted octanol–water partition coefficient (Wildman–Crippen LogP) is 0.924. The van der Waals surface area contributed by atoms with Gasteiger partial charge in [0, 0.05) is 24.1 Å². The summed E-state index contributed by atoms with van der Waals surface area (Å²) in [6.07, 6.45) is 1.93. The van der Waals surface area contributed by atoms with Crippen LogP contribution in [0, 0.1) is 11.3 Å². The molecule has 96 valence electrons. The molecule has 0 fully saturated rings. The summed E-state index contributed by atoms with van der Waals surface area (Å²) >= 11 is 0. The largest absolute Gasteiger partial charge is 0.369 e. The zero-order valence-corrected chi connectivity index (χ0v) is 10.3. The summed E-state index contributed by atoms with van der Waals surface area (Å²) < 4.78 is 2.00. The normalized spacial score (nSPS) is 10.1. The fourth-order valence-corrected chi connectivity index (χ4v) is 1.82. The van der Waals surface area contributed by atoms with E-state index in [1.54, 1.807) is 12.1 Å². The van der Waals surface area contributed by atoms with Gasteiger partial charge in [-0.05, 0) is 36.4 Å². The number of aromatic nitrogens is 1. The molecule has 0 aliphatic carbocycles. The molecule has 0 radical (unpaired) electrons. The van der Waals surface area contributed by atoms with Gasteiger partial charge < -0.3 is 15.6 Å². The molecule has 19 heavy (non-hydrogen) atoms. The van der Waals surface area contributed by atoms with E-state index in [0.29, 0.717) is 12.1 Å². The first-order chi connectivity index (χ1) is 9.20. The number of nitriles is 1. The van der Waals surface area contributed by atoms with E-state index in [1.165, 1.54) is 0 Å². The lowest BCUT2D eigenvalue weighted by Crippen LogP contribution is -2.28. The molecule has 3 N–H and O–H groups in total. The highest BCUT2D eigenvalue weighted by Crippen LogP contribution is 2.13. The monoisotopic (exact) mass is 254 g/mol. The molecule has 5 heteroatoms. The van der Waals surface area contributed by atoms with Gasteiger partial charge in [-0.15, -0.1) is 0 Å². The van der Waals surface area contributed by atoms with Crippen LogP contribution in [0.15, 0.2) is 42.6 Å². The lowest BCUT2D eigenvalue weighted by atomic mass is 10.2.